The number of ether oxygens (including phenoxy) is 1. The Morgan fingerprint density at radius 2 is 2.05 bits per heavy atom. The molecule has 0 spiro atoms. The molecule has 20 heavy (non-hydrogen) atoms. The third-order valence-electron chi connectivity index (χ3n) is 3.54. The molecule has 5 heteroatoms. The molecular weight excluding hydrogens is 256 g/mol. The molecule has 2 N–H and O–H groups in total. The average molecular weight is 276 g/mol. The summed E-state index contributed by atoms with van der Waals surface area (Å²) in [5, 5.41) is 0. The monoisotopic (exact) mass is 276 g/mol. The first-order chi connectivity index (χ1) is 9.70. The number of hydrogen-bond donors (Lipinski definition) is 1. The van der Waals surface area contributed by atoms with Crippen molar-refractivity contribution in [3.8, 4) is 0 Å². The summed E-state index contributed by atoms with van der Waals surface area (Å²) >= 11 is 0. The van der Waals surface area contributed by atoms with Crippen molar-refractivity contribution < 1.29 is 14.3 Å². The van der Waals surface area contributed by atoms with Crippen molar-refractivity contribution in [2.45, 2.75) is 19.4 Å². The minimum absolute atomic E-state index is 0.0190. The van der Waals surface area contributed by atoms with Gasteiger partial charge in [-0.1, -0.05) is 30.3 Å². The lowest BCUT2D eigenvalue weighted by atomic mass is 9.94. The largest absolute Gasteiger partial charge is 0.445 e. The van der Waals surface area contributed by atoms with Crippen molar-refractivity contribution in [1.29, 1.82) is 0 Å². The Bertz CT molecular complexity index is 461. The van der Waals surface area contributed by atoms with Gasteiger partial charge in [-0.3, -0.25) is 4.79 Å². The van der Waals surface area contributed by atoms with Gasteiger partial charge in [0.05, 0.1) is 6.54 Å². The van der Waals surface area contributed by atoms with E-state index in [4.69, 9.17) is 10.5 Å². The Morgan fingerprint density at radius 1 is 1.30 bits per heavy atom. The average Bonchev–Trinajstić information content (AvgIpc) is 2.53. The molecule has 1 aliphatic heterocycles. The number of ketones is 1. The lowest BCUT2D eigenvalue weighted by molar-refractivity contribution is -0.122. The van der Waals surface area contributed by atoms with Gasteiger partial charge in [0, 0.05) is 19.0 Å². The molecule has 0 saturated carbocycles. The summed E-state index contributed by atoms with van der Waals surface area (Å²) in [6.07, 6.45) is 1.26. The molecule has 0 radical (unpaired) electrons. The van der Waals surface area contributed by atoms with E-state index in [1.165, 1.54) is 0 Å². The molecule has 1 saturated heterocycles. The third kappa shape index (κ3) is 3.81. The zero-order chi connectivity index (χ0) is 14.4. The van der Waals surface area contributed by atoms with E-state index in [0.29, 0.717) is 13.1 Å². The van der Waals surface area contributed by atoms with Gasteiger partial charge in [0.25, 0.3) is 0 Å². The number of nitrogens with two attached hydrogens (primary N) is 1. The lowest BCUT2D eigenvalue weighted by Gasteiger charge is -2.31. The summed E-state index contributed by atoms with van der Waals surface area (Å²) < 4.78 is 5.27. The summed E-state index contributed by atoms with van der Waals surface area (Å²) in [6.45, 7) is 1.36. The van der Waals surface area contributed by atoms with Crippen molar-refractivity contribution in [3.63, 3.8) is 0 Å². The fourth-order valence-corrected chi connectivity index (χ4v) is 2.38. The number of rotatable bonds is 4. The highest BCUT2D eigenvalue weighted by atomic mass is 16.6. The minimum atomic E-state index is -0.358. The molecule has 0 aromatic heterocycles. The predicted molar refractivity (Wildman–Crippen MR) is 75.0 cm³/mol. The zero-order valence-corrected chi connectivity index (χ0v) is 11.5. The van der Waals surface area contributed by atoms with E-state index in [2.05, 4.69) is 0 Å². The van der Waals surface area contributed by atoms with Crippen LogP contribution in [-0.4, -0.2) is 36.4 Å². The first-order valence-electron chi connectivity index (χ1n) is 6.89. The molecule has 1 atom stereocenters. The first-order valence-corrected chi connectivity index (χ1v) is 6.89. The highest BCUT2D eigenvalue weighted by Crippen LogP contribution is 2.18. The van der Waals surface area contributed by atoms with Crippen molar-refractivity contribution >= 4 is 11.9 Å². The van der Waals surface area contributed by atoms with Crippen LogP contribution in [0.4, 0.5) is 4.79 Å². The van der Waals surface area contributed by atoms with Crippen LogP contribution in [0, 0.1) is 5.92 Å². The topological polar surface area (TPSA) is 72.6 Å². The van der Waals surface area contributed by atoms with Gasteiger partial charge >= 0.3 is 6.09 Å². The van der Waals surface area contributed by atoms with Crippen LogP contribution in [-0.2, 0) is 16.1 Å². The van der Waals surface area contributed by atoms with E-state index in [1.807, 2.05) is 30.3 Å². The maximum Gasteiger partial charge on any atom is 0.410 e. The molecule has 108 valence electrons. The van der Waals surface area contributed by atoms with Gasteiger partial charge in [-0.2, -0.15) is 0 Å². The number of carbonyl (C=O) groups is 2. The van der Waals surface area contributed by atoms with E-state index in [-0.39, 0.29) is 30.9 Å². The highest BCUT2D eigenvalue weighted by molar-refractivity contribution is 5.83. The molecule has 0 aliphatic carbocycles. The standard InChI is InChI=1S/C15H20N2O3/c16-9-14(18)13-7-4-8-17(10-13)15(19)20-11-12-5-2-1-3-6-12/h1-3,5-6,13H,4,7-11,16H2. The van der Waals surface area contributed by atoms with Gasteiger partial charge < -0.3 is 15.4 Å². The number of nitrogens with zero attached hydrogens (tertiary/aromatic N) is 1. The number of likely N-dealkylation sites (tertiary alicyclic amines) is 1. The third-order valence-corrected chi connectivity index (χ3v) is 3.54. The maximum absolute atomic E-state index is 12.0. The van der Waals surface area contributed by atoms with Crippen LogP contribution in [0.25, 0.3) is 0 Å². The summed E-state index contributed by atoms with van der Waals surface area (Å²) in [5.74, 6) is -0.122. The molecule has 1 aliphatic rings. The van der Waals surface area contributed by atoms with E-state index < -0.39 is 0 Å². The van der Waals surface area contributed by atoms with Crippen molar-refractivity contribution in [2.75, 3.05) is 19.6 Å². The summed E-state index contributed by atoms with van der Waals surface area (Å²) in [6, 6.07) is 9.54. The Kier molecular flexibility index (Phi) is 5.12. The smallest absolute Gasteiger partial charge is 0.410 e. The van der Waals surface area contributed by atoms with E-state index in [1.54, 1.807) is 4.90 Å². The Hall–Kier alpha value is -1.88. The van der Waals surface area contributed by atoms with E-state index in [9.17, 15) is 9.59 Å². The number of benzene rings is 1. The Balaban J connectivity index is 1.84. The van der Waals surface area contributed by atoms with Crippen LogP contribution < -0.4 is 5.73 Å². The van der Waals surface area contributed by atoms with Gasteiger partial charge in [0.1, 0.15) is 6.61 Å². The number of piperidine rings is 1. The Labute approximate surface area is 118 Å². The van der Waals surface area contributed by atoms with E-state index >= 15 is 0 Å². The van der Waals surface area contributed by atoms with Gasteiger partial charge in [-0.25, -0.2) is 4.79 Å². The second-order valence-corrected chi connectivity index (χ2v) is 5.00. The molecule has 2 rings (SSSR count). The van der Waals surface area contributed by atoms with Crippen molar-refractivity contribution in [3.05, 3.63) is 35.9 Å². The van der Waals surface area contributed by atoms with Gasteiger partial charge in [-0.05, 0) is 18.4 Å². The van der Waals surface area contributed by atoms with Crippen molar-refractivity contribution in [1.82, 2.24) is 4.90 Å². The number of amides is 1. The summed E-state index contributed by atoms with van der Waals surface area (Å²) in [7, 11) is 0. The summed E-state index contributed by atoms with van der Waals surface area (Å²) in [4.78, 5) is 25.2. The molecule has 0 bridgehead atoms. The molecule has 1 aromatic rings. The quantitative estimate of drug-likeness (QED) is 0.906. The normalized spacial score (nSPS) is 18.6. The summed E-state index contributed by atoms with van der Waals surface area (Å²) in [5.41, 5.74) is 6.33. The lowest BCUT2D eigenvalue weighted by Crippen LogP contribution is -2.43. The second kappa shape index (κ2) is 7.05. The number of hydrogen-bond acceptors (Lipinski definition) is 4. The molecule has 1 fully saturated rings. The Morgan fingerprint density at radius 3 is 2.75 bits per heavy atom. The molecule has 1 heterocycles. The van der Waals surface area contributed by atoms with Gasteiger partial charge in [0.2, 0.25) is 0 Å². The minimum Gasteiger partial charge on any atom is -0.445 e. The fraction of sp³-hybridized carbons (Fsp3) is 0.467. The molecule has 1 unspecified atom stereocenters. The number of Topliss-reactive ketones (excluding diaryl/α,β-unsaturated/α-hetero) is 1. The molecule has 5 nitrogen and oxygen atoms in total. The van der Waals surface area contributed by atoms with Crippen LogP contribution in [0.5, 0.6) is 0 Å². The van der Waals surface area contributed by atoms with Crippen LogP contribution in [0.2, 0.25) is 0 Å². The SMILES string of the molecule is NCC(=O)C1CCCN(C(=O)OCc2ccccc2)C1. The fourth-order valence-electron chi connectivity index (χ4n) is 2.38. The highest BCUT2D eigenvalue weighted by Gasteiger charge is 2.28. The molecule has 1 aromatic carbocycles. The van der Waals surface area contributed by atoms with Crippen molar-refractivity contribution in [2.24, 2.45) is 11.7 Å². The van der Waals surface area contributed by atoms with E-state index in [0.717, 1.165) is 18.4 Å². The predicted octanol–water partition coefficient (Wildman–Crippen LogP) is 1.56. The first kappa shape index (κ1) is 14.5. The molecule has 1 amide bonds. The molecular formula is C15H20N2O3. The maximum atomic E-state index is 12.0. The van der Waals surface area contributed by atoms with Gasteiger partial charge in [-0.15, -0.1) is 0 Å². The zero-order valence-electron chi connectivity index (χ0n) is 11.5. The second-order valence-electron chi connectivity index (χ2n) is 5.00. The number of carbonyl (C=O) groups excluding carboxylic acids is 2. The van der Waals surface area contributed by atoms with Crippen LogP contribution >= 0.6 is 0 Å². The van der Waals surface area contributed by atoms with Crippen LogP contribution in [0.15, 0.2) is 30.3 Å². The van der Waals surface area contributed by atoms with Crippen LogP contribution in [0.3, 0.4) is 0 Å². The van der Waals surface area contributed by atoms with Crippen LogP contribution in [0.1, 0.15) is 18.4 Å². The van der Waals surface area contributed by atoms with Gasteiger partial charge in [0.15, 0.2) is 5.78 Å².